The summed E-state index contributed by atoms with van der Waals surface area (Å²) in [6.45, 7) is 1.95. The van der Waals surface area contributed by atoms with Gasteiger partial charge in [0.15, 0.2) is 0 Å². The van der Waals surface area contributed by atoms with E-state index in [9.17, 15) is 9.59 Å². The van der Waals surface area contributed by atoms with Gasteiger partial charge in [0.2, 0.25) is 11.8 Å². The van der Waals surface area contributed by atoms with Gasteiger partial charge in [-0.25, -0.2) is 5.43 Å². The lowest BCUT2D eigenvalue weighted by atomic mass is 10.2. The van der Waals surface area contributed by atoms with E-state index in [1.54, 1.807) is 6.21 Å². The molecule has 0 bridgehead atoms. The van der Waals surface area contributed by atoms with Crippen molar-refractivity contribution in [3.05, 3.63) is 65.7 Å². The molecule has 0 unspecified atom stereocenters. The third-order valence-electron chi connectivity index (χ3n) is 3.08. The fourth-order valence-electron chi connectivity index (χ4n) is 1.95. The van der Waals surface area contributed by atoms with E-state index in [-0.39, 0.29) is 24.7 Å². The fraction of sp³-hybridized carbons (Fsp3) is 0.167. The van der Waals surface area contributed by atoms with Crippen molar-refractivity contribution in [3.8, 4) is 0 Å². The monoisotopic (exact) mass is 309 g/mol. The second kappa shape index (κ2) is 8.48. The first-order valence-corrected chi connectivity index (χ1v) is 7.37. The fourth-order valence-corrected chi connectivity index (χ4v) is 1.95. The maximum Gasteiger partial charge on any atom is 0.240 e. The van der Waals surface area contributed by atoms with Gasteiger partial charge in [-0.3, -0.25) is 9.59 Å². The van der Waals surface area contributed by atoms with Crippen LogP contribution < -0.4 is 10.7 Å². The normalized spacial score (nSPS) is 10.5. The number of hydrogen-bond acceptors (Lipinski definition) is 3. The van der Waals surface area contributed by atoms with E-state index in [2.05, 4.69) is 15.8 Å². The number of hydrogen-bond donors (Lipinski definition) is 2. The largest absolute Gasteiger partial charge is 0.326 e. The zero-order valence-corrected chi connectivity index (χ0v) is 13.0. The summed E-state index contributed by atoms with van der Waals surface area (Å²) in [5.41, 5.74) is 5.10. The Morgan fingerprint density at radius 2 is 1.74 bits per heavy atom. The van der Waals surface area contributed by atoms with Crippen molar-refractivity contribution in [3.63, 3.8) is 0 Å². The SMILES string of the molecule is Cc1cccc(NC(=O)CCC(=O)N/N=C\c2ccccc2)c1. The maximum absolute atomic E-state index is 11.8. The quantitative estimate of drug-likeness (QED) is 0.636. The minimum atomic E-state index is -0.295. The summed E-state index contributed by atoms with van der Waals surface area (Å²) in [4.78, 5) is 23.4. The first-order valence-electron chi connectivity index (χ1n) is 7.37. The summed E-state index contributed by atoms with van der Waals surface area (Å²) in [6, 6.07) is 17.0. The average molecular weight is 309 g/mol. The number of rotatable bonds is 6. The van der Waals surface area contributed by atoms with Crippen molar-refractivity contribution in [2.75, 3.05) is 5.32 Å². The van der Waals surface area contributed by atoms with Gasteiger partial charge in [-0.1, -0.05) is 42.5 Å². The molecule has 5 heteroatoms. The van der Waals surface area contributed by atoms with Gasteiger partial charge >= 0.3 is 0 Å². The van der Waals surface area contributed by atoms with E-state index in [0.29, 0.717) is 0 Å². The number of carbonyl (C=O) groups excluding carboxylic acids is 2. The van der Waals surface area contributed by atoms with Gasteiger partial charge in [-0.05, 0) is 30.2 Å². The first kappa shape index (κ1) is 16.4. The summed E-state index contributed by atoms with van der Waals surface area (Å²) < 4.78 is 0. The van der Waals surface area contributed by atoms with Gasteiger partial charge in [0.05, 0.1) is 6.21 Å². The van der Waals surface area contributed by atoms with Crippen LogP contribution in [0.15, 0.2) is 59.7 Å². The van der Waals surface area contributed by atoms with Crippen LogP contribution in [0.4, 0.5) is 5.69 Å². The number of nitrogens with zero attached hydrogens (tertiary/aromatic N) is 1. The van der Waals surface area contributed by atoms with Crippen molar-refractivity contribution in [1.29, 1.82) is 0 Å². The minimum absolute atomic E-state index is 0.0871. The molecule has 0 radical (unpaired) electrons. The van der Waals surface area contributed by atoms with Crippen LogP contribution in [0.5, 0.6) is 0 Å². The molecule has 0 spiro atoms. The third-order valence-corrected chi connectivity index (χ3v) is 3.08. The molecule has 0 aliphatic carbocycles. The molecule has 2 aromatic carbocycles. The summed E-state index contributed by atoms with van der Waals surface area (Å²) >= 11 is 0. The molecule has 0 heterocycles. The van der Waals surface area contributed by atoms with Gasteiger partial charge in [0, 0.05) is 18.5 Å². The van der Waals surface area contributed by atoms with Crippen LogP contribution in [0.2, 0.25) is 0 Å². The van der Waals surface area contributed by atoms with Crippen LogP contribution in [-0.2, 0) is 9.59 Å². The molecule has 2 rings (SSSR count). The molecule has 0 saturated carbocycles. The van der Waals surface area contributed by atoms with E-state index in [0.717, 1.165) is 16.8 Å². The molecular weight excluding hydrogens is 290 g/mol. The van der Waals surface area contributed by atoms with Crippen LogP contribution in [0.25, 0.3) is 0 Å². The molecule has 118 valence electrons. The molecule has 5 nitrogen and oxygen atoms in total. The Kier molecular flexibility index (Phi) is 6.06. The van der Waals surface area contributed by atoms with Crippen molar-refractivity contribution < 1.29 is 9.59 Å². The maximum atomic E-state index is 11.8. The second-order valence-electron chi connectivity index (χ2n) is 5.12. The number of nitrogens with one attached hydrogen (secondary N) is 2. The number of amides is 2. The van der Waals surface area contributed by atoms with Crippen molar-refractivity contribution in [1.82, 2.24) is 5.43 Å². The van der Waals surface area contributed by atoms with Crippen LogP contribution in [0.1, 0.15) is 24.0 Å². The highest BCUT2D eigenvalue weighted by Gasteiger charge is 2.06. The topological polar surface area (TPSA) is 70.6 Å². The molecule has 0 atom stereocenters. The van der Waals surface area contributed by atoms with Gasteiger partial charge in [-0.2, -0.15) is 5.10 Å². The predicted octanol–water partition coefficient (Wildman–Crippen LogP) is 2.86. The Morgan fingerprint density at radius 1 is 1.00 bits per heavy atom. The zero-order valence-electron chi connectivity index (χ0n) is 13.0. The van der Waals surface area contributed by atoms with Gasteiger partial charge < -0.3 is 5.32 Å². The molecule has 0 aliphatic heterocycles. The molecule has 2 N–H and O–H groups in total. The summed E-state index contributed by atoms with van der Waals surface area (Å²) in [5, 5.41) is 6.62. The highest BCUT2D eigenvalue weighted by molar-refractivity contribution is 5.93. The van der Waals surface area contributed by atoms with Crippen molar-refractivity contribution in [2.24, 2.45) is 5.10 Å². The summed E-state index contributed by atoms with van der Waals surface area (Å²) in [7, 11) is 0. The number of aryl methyl sites for hydroxylation is 1. The predicted molar refractivity (Wildman–Crippen MR) is 91.2 cm³/mol. The Morgan fingerprint density at radius 3 is 2.48 bits per heavy atom. The van der Waals surface area contributed by atoms with Gasteiger partial charge in [0.25, 0.3) is 0 Å². The molecule has 0 saturated heterocycles. The Hall–Kier alpha value is -2.95. The summed E-state index contributed by atoms with van der Waals surface area (Å²) in [6.07, 6.45) is 1.76. The average Bonchev–Trinajstić information content (AvgIpc) is 2.54. The highest BCUT2D eigenvalue weighted by atomic mass is 16.2. The molecular formula is C18H19N3O2. The lowest BCUT2D eigenvalue weighted by Crippen LogP contribution is -2.20. The lowest BCUT2D eigenvalue weighted by Gasteiger charge is -2.05. The molecule has 0 fully saturated rings. The van der Waals surface area contributed by atoms with E-state index in [4.69, 9.17) is 0 Å². The van der Waals surface area contributed by atoms with Crippen LogP contribution in [-0.4, -0.2) is 18.0 Å². The van der Waals surface area contributed by atoms with Gasteiger partial charge in [-0.15, -0.1) is 0 Å². The molecule has 0 aliphatic rings. The van der Waals surface area contributed by atoms with E-state index in [1.165, 1.54) is 0 Å². The van der Waals surface area contributed by atoms with Crippen LogP contribution >= 0.6 is 0 Å². The highest BCUT2D eigenvalue weighted by Crippen LogP contribution is 2.10. The molecule has 0 aromatic heterocycles. The number of hydrazone groups is 1. The number of benzene rings is 2. The number of anilines is 1. The standard InChI is InChI=1S/C18H19N3O2/c1-14-6-5-9-16(12-14)20-17(22)10-11-18(23)21-19-13-15-7-3-2-4-8-15/h2-9,12-13H,10-11H2,1H3,(H,20,22)(H,21,23)/b19-13-. The Balaban J connectivity index is 1.71. The third kappa shape index (κ3) is 6.13. The molecule has 23 heavy (non-hydrogen) atoms. The van der Waals surface area contributed by atoms with Gasteiger partial charge in [0.1, 0.15) is 0 Å². The zero-order chi connectivity index (χ0) is 16.5. The van der Waals surface area contributed by atoms with Crippen molar-refractivity contribution in [2.45, 2.75) is 19.8 Å². The lowest BCUT2D eigenvalue weighted by molar-refractivity contribution is -0.124. The van der Waals surface area contributed by atoms with Crippen LogP contribution in [0, 0.1) is 6.92 Å². The van der Waals surface area contributed by atoms with E-state index in [1.807, 2.05) is 61.5 Å². The van der Waals surface area contributed by atoms with E-state index < -0.39 is 0 Å². The van der Waals surface area contributed by atoms with Crippen molar-refractivity contribution >= 4 is 23.7 Å². The van der Waals surface area contributed by atoms with Crippen LogP contribution in [0.3, 0.4) is 0 Å². The molecule has 2 aromatic rings. The Labute approximate surface area is 135 Å². The van der Waals surface area contributed by atoms with E-state index >= 15 is 0 Å². The molecule has 2 amide bonds. The number of carbonyl (C=O) groups is 2. The second-order valence-corrected chi connectivity index (χ2v) is 5.12. The smallest absolute Gasteiger partial charge is 0.240 e. The Bertz CT molecular complexity index is 696. The first-order chi connectivity index (χ1) is 11.1. The summed E-state index contributed by atoms with van der Waals surface area (Å²) in [5.74, 6) is -0.491. The minimum Gasteiger partial charge on any atom is -0.326 e.